The molecule has 0 aromatic heterocycles. The number of hydrogen-bond donors (Lipinski definition) is 0. The highest BCUT2D eigenvalue weighted by Gasteiger charge is 2.14. The highest BCUT2D eigenvalue weighted by atomic mass is 32.2. The summed E-state index contributed by atoms with van der Waals surface area (Å²) in [5.74, 6) is -0.239. The maximum Gasteiger partial charge on any atom is 0.306 e. The molecule has 0 N–H and O–H groups in total. The van der Waals surface area contributed by atoms with Crippen LogP contribution in [0.2, 0.25) is 0 Å². The zero-order valence-electron chi connectivity index (χ0n) is 12.3. The number of sulfone groups is 1. The summed E-state index contributed by atoms with van der Waals surface area (Å²) in [6.07, 6.45) is 1.52. The van der Waals surface area contributed by atoms with E-state index in [4.69, 9.17) is 0 Å². The maximum atomic E-state index is 11.4. The van der Waals surface area contributed by atoms with Gasteiger partial charge in [-0.05, 0) is 31.7 Å². The molecule has 0 heterocycles. The van der Waals surface area contributed by atoms with Crippen LogP contribution >= 0.6 is 0 Å². The molecule has 0 amide bonds. The summed E-state index contributed by atoms with van der Waals surface area (Å²) in [6.45, 7) is 2.59. The Morgan fingerprint density at radius 1 is 1.30 bits per heavy atom. The predicted molar refractivity (Wildman–Crippen MR) is 77.2 cm³/mol. The number of ether oxygens (including phenoxy) is 1. The van der Waals surface area contributed by atoms with E-state index >= 15 is 0 Å². The third-order valence-electron chi connectivity index (χ3n) is 3.35. The van der Waals surface area contributed by atoms with Crippen LogP contribution < -0.4 is 0 Å². The summed E-state index contributed by atoms with van der Waals surface area (Å²) >= 11 is 0. The van der Waals surface area contributed by atoms with Crippen molar-refractivity contribution >= 4 is 15.8 Å². The highest BCUT2D eigenvalue weighted by molar-refractivity contribution is 7.90. The van der Waals surface area contributed by atoms with Gasteiger partial charge < -0.3 is 4.74 Å². The average Bonchev–Trinajstić information content (AvgIpc) is 2.42. The number of esters is 1. The first-order valence-electron chi connectivity index (χ1n) is 6.32. The highest BCUT2D eigenvalue weighted by Crippen LogP contribution is 2.20. The number of methoxy groups -OCH3 is 1. The zero-order valence-corrected chi connectivity index (χ0v) is 13.1. The van der Waals surface area contributed by atoms with Gasteiger partial charge in [-0.2, -0.15) is 0 Å². The van der Waals surface area contributed by atoms with E-state index in [-0.39, 0.29) is 12.0 Å². The molecule has 1 atom stereocenters. The number of rotatable bonds is 6. The first-order valence-corrected chi connectivity index (χ1v) is 8.22. The van der Waals surface area contributed by atoms with Gasteiger partial charge in [0.05, 0.1) is 18.4 Å². The molecular formula is C14H21NO4S. The van der Waals surface area contributed by atoms with Crippen molar-refractivity contribution < 1.29 is 17.9 Å². The van der Waals surface area contributed by atoms with E-state index in [1.54, 1.807) is 24.3 Å². The zero-order chi connectivity index (χ0) is 15.3. The van der Waals surface area contributed by atoms with Gasteiger partial charge >= 0.3 is 5.97 Å². The molecule has 0 saturated carbocycles. The van der Waals surface area contributed by atoms with Gasteiger partial charge in [0.15, 0.2) is 9.84 Å². The first-order chi connectivity index (χ1) is 9.25. The van der Waals surface area contributed by atoms with E-state index in [2.05, 4.69) is 4.74 Å². The van der Waals surface area contributed by atoms with Crippen LogP contribution in [0, 0.1) is 0 Å². The normalized spacial score (nSPS) is 13.2. The Morgan fingerprint density at radius 2 is 1.85 bits per heavy atom. The number of carbonyl (C=O) groups is 1. The van der Waals surface area contributed by atoms with Gasteiger partial charge in [-0.15, -0.1) is 0 Å². The Hall–Kier alpha value is -1.40. The van der Waals surface area contributed by atoms with E-state index in [0.717, 1.165) is 5.56 Å². The summed E-state index contributed by atoms with van der Waals surface area (Å²) in [6, 6.07) is 6.91. The van der Waals surface area contributed by atoms with Crippen LogP contribution in [0.1, 0.15) is 24.9 Å². The second-order valence-electron chi connectivity index (χ2n) is 4.82. The van der Waals surface area contributed by atoms with Crippen molar-refractivity contribution in [2.45, 2.75) is 24.3 Å². The SMILES string of the molecule is COC(=O)CCN(C)C(C)c1ccc(S(C)(=O)=O)cc1. The molecule has 112 valence electrons. The molecule has 0 radical (unpaired) electrons. The number of benzene rings is 1. The summed E-state index contributed by atoms with van der Waals surface area (Å²) < 4.78 is 27.4. The quantitative estimate of drug-likeness (QED) is 0.747. The van der Waals surface area contributed by atoms with Crippen LogP contribution in [0.15, 0.2) is 29.2 Å². The van der Waals surface area contributed by atoms with E-state index in [0.29, 0.717) is 17.9 Å². The minimum atomic E-state index is -3.17. The molecule has 1 aromatic carbocycles. The van der Waals surface area contributed by atoms with Crippen LogP contribution in [0.5, 0.6) is 0 Å². The molecule has 1 unspecified atom stereocenters. The lowest BCUT2D eigenvalue weighted by Crippen LogP contribution is -2.25. The molecule has 5 nitrogen and oxygen atoms in total. The Labute approximate surface area is 120 Å². The topological polar surface area (TPSA) is 63.7 Å². The van der Waals surface area contributed by atoms with Gasteiger partial charge in [-0.3, -0.25) is 9.69 Å². The lowest BCUT2D eigenvalue weighted by Gasteiger charge is -2.24. The summed E-state index contributed by atoms with van der Waals surface area (Å²) in [5.41, 5.74) is 1.00. The minimum absolute atomic E-state index is 0.0910. The van der Waals surface area contributed by atoms with Crippen LogP contribution in [0.3, 0.4) is 0 Å². The molecule has 0 spiro atoms. The maximum absolute atomic E-state index is 11.4. The Balaban J connectivity index is 2.72. The Bertz CT molecular complexity index is 551. The fourth-order valence-electron chi connectivity index (χ4n) is 1.81. The van der Waals surface area contributed by atoms with E-state index in [9.17, 15) is 13.2 Å². The summed E-state index contributed by atoms with van der Waals surface area (Å²) in [5, 5.41) is 0. The van der Waals surface area contributed by atoms with Gasteiger partial charge in [-0.25, -0.2) is 8.42 Å². The van der Waals surface area contributed by atoms with Gasteiger partial charge in [0.2, 0.25) is 0 Å². The third-order valence-corrected chi connectivity index (χ3v) is 4.48. The van der Waals surface area contributed by atoms with E-state index in [1.807, 2.05) is 18.9 Å². The molecule has 20 heavy (non-hydrogen) atoms. The molecule has 0 aliphatic rings. The van der Waals surface area contributed by atoms with E-state index < -0.39 is 9.84 Å². The van der Waals surface area contributed by atoms with Gasteiger partial charge in [-0.1, -0.05) is 12.1 Å². The molecule has 1 rings (SSSR count). The van der Waals surface area contributed by atoms with Crippen molar-refractivity contribution in [2.24, 2.45) is 0 Å². The van der Waals surface area contributed by atoms with Gasteiger partial charge in [0, 0.05) is 18.8 Å². The average molecular weight is 299 g/mol. The fourth-order valence-corrected chi connectivity index (χ4v) is 2.44. The van der Waals surface area contributed by atoms with E-state index in [1.165, 1.54) is 13.4 Å². The van der Waals surface area contributed by atoms with Gasteiger partial charge in [0.25, 0.3) is 0 Å². The first kappa shape index (κ1) is 16.7. The Kier molecular flexibility index (Phi) is 5.71. The standard InChI is InChI=1S/C14H21NO4S/c1-11(15(2)10-9-14(16)19-3)12-5-7-13(8-6-12)20(4,17)18/h5-8,11H,9-10H2,1-4H3. The van der Waals surface area contributed by atoms with Crippen LogP contribution in [0.4, 0.5) is 0 Å². The number of hydrogen-bond acceptors (Lipinski definition) is 5. The summed E-state index contributed by atoms with van der Waals surface area (Å²) in [4.78, 5) is 13.4. The van der Waals surface area contributed by atoms with Crippen LogP contribution in [-0.4, -0.2) is 46.2 Å². The molecule has 6 heteroatoms. The monoisotopic (exact) mass is 299 g/mol. The number of nitrogens with zero attached hydrogens (tertiary/aromatic N) is 1. The van der Waals surface area contributed by atoms with Crippen molar-refractivity contribution in [1.29, 1.82) is 0 Å². The van der Waals surface area contributed by atoms with Crippen molar-refractivity contribution in [2.75, 3.05) is 27.0 Å². The molecule has 0 saturated heterocycles. The largest absolute Gasteiger partial charge is 0.469 e. The fraction of sp³-hybridized carbons (Fsp3) is 0.500. The van der Waals surface area contributed by atoms with Crippen molar-refractivity contribution in [3.63, 3.8) is 0 Å². The van der Waals surface area contributed by atoms with Crippen LogP contribution in [0.25, 0.3) is 0 Å². The summed E-state index contributed by atoms with van der Waals surface area (Å²) in [7, 11) is 0.120. The molecule has 0 aliphatic carbocycles. The molecule has 0 bridgehead atoms. The molecule has 0 fully saturated rings. The molecule has 0 aliphatic heterocycles. The van der Waals surface area contributed by atoms with Crippen molar-refractivity contribution in [3.05, 3.63) is 29.8 Å². The predicted octanol–water partition coefficient (Wildman–Crippen LogP) is 1.65. The Morgan fingerprint density at radius 3 is 2.30 bits per heavy atom. The van der Waals surface area contributed by atoms with Gasteiger partial charge in [0.1, 0.15) is 0 Å². The third kappa shape index (κ3) is 4.61. The van der Waals surface area contributed by atoms with Crippen LogP contribution in [-0.2, 0) is 19.4 Å². The van der Waals surface area contributed by atoms with Crippen molar-refractivity contribution in [1.82, 2.24) is 4.90 Å². The second-order valence-corrected chi connectivity index (χ2v) is 6.84. The lowest BCUT2D eigenvalue weighted by molar-refractivity contribution is -0.141. The number of carbonyl (C=O) groups excluding carboxylic acids is 1. The minimum Gasteiger partial charge on any atom is -0.469 e. The molecule has 1 aromatic rings. The molecular weight excluding hydrogens is 278 g/mol. The smallest absolute Gasteiger partial charge is 0.306 e. The van der Waals surface area contributed by atoms with Crippen molar-refractivity contribution in [3.8, 4) is 0 Å². The lowest BCUT2D eigenvalue weighted by atomic mass is 10.1. The second kappa shape index (κ2) is 6.85.